The van der Waals surface area contributed by atoms with Gasteiger partial charge in [-0.15, -0.1) is 0 Å². The van der Waals surface area contributed by atoms with Crippen LogP contribution in [0.25, 0.3) is 11.0 Å². The SMILES string of the molecule is C=C/C(C)=C\C=C/C.C=CC=C.Nc1cc(SCc2nc3ccc(Oc4ccccc4)cc3[nH]2)nc(C(F)(F)F)n1. The molecule has 0 atom stereocenters. The van der Waals surface area contributed by atoms with Crippen molar-refractivity contribution < 1.29 is 17.9 Å². The summed E-state index contributed by atoms with van der Waals surface area (Å²) >= 11 is 1.08. The minimum Gasteiger partial charge on any atom is -0.457 e. The van der Waals surface area contributed by atoms with Gasteiger partial charge in [0.25, 0.3) is 0 Å². The third-order valence-electron chi connectivity index (χ3n) is 4.85. The quantitative estimate of drug-likeness (QED) is 0.123. The lowest BCUT2D eigenvalue weighted by Gasteiger charge is -2.07. The number of halogens is 3. The second-order valence-corrected chi connectivity index (χ2v) is 9.13. The molecule has 0 aliphatic heterocycles. The summed E-state index contributed by atoms with van der Waals surface area (Å²) in [4.78, 5) is 14.3. The number of thioether (sulfide) groups is 1. The molecular weight excluding hydrogens is 547 g/mol. The molecule has 6 nitrogen and oxygen atoms in total. The van der Waals surface area contributed by atoms with Crippen molar-refractivity contribution in [1.82, 2.24) is 19.9 Å². The first kappa shape index (κ1) is 32.6. The van der Waals surface area contributed by atoms with Crippen molar-refractivity contribution in [2.45, 2.75) is 30.8 Å². The van der Waals surface area contributed by atoms with E-state index in [0.717, 1.165) is 22.8 Å². The summed E-state index contributed by atoms with van der Waals surface area (Å²) in [7, 11) is 0. The van der Waals surface area contributed by atoms with E-state index in [0.29, 0.717) is 17.3 Å². The Balaban J connectivity index is 0.000000414. The standard InChI is InChI=1S/C19H14F3N5OS.C8H12.C4H6/c20-19(21,22)18-26-15(23)9-17(27-18)29-10-16-24-13-7-6-12(8-14(13)25-16)28-11-4-2-1-3-5-11;1-4-6-7-8(3)5-2;1-3-4-2/h1-9H,10H2,(H,24,25)(H2,23,26,27);4-7H,2H2,1,3H3;3-4H,1-2H2/b;6-4-,8-7-;. The Morgan fingerprint density at radius 1 is 1.00 bits per heavy atom. The van der Waals surface area contributed by atoms with E-state index in [1.54, 1.807) is 18.2 Å². The van der Waals surface area contributed by atoms with Gasteiger partial charge < -0.3 is 15.5 Å². The highest BCUT2D eigenvalue weighted by Crippen LogP contribution is 2.30. The fraction of sp³-hybridized carbons (Fsp3) is 0.129. The average molecular weight is 580 g/mol. The van der Waals surface area contributed by atoms with Crippen molar-refractivity contribution >= 4 is 28.6 Å². The van der Waals surface area contributed by atoms with Gasteiger partial charge >= 0.3 is 6.18 Å². The number of nitrogens with two attached hydrogens (primary N) is 1. The van der Waals surface area contributed by atoms with Gasteiger partial charge in [0.15, 0.2) is 0 Å². The summed E-state index contributed by atoms with van der Waals surface area (Å²) in [6.07, 6.45) is 6.47. The fourth-order valence-corrected chi connectivity index (χ4v) is 3.68. The molecule has 0 saturated heterocycles. The Hall–Kier alpha value is -4.57. The van der Waals surface area contributed by atoms with E-state index in [4.69, 9.17) is 10.5 Å². The van der Waals surface area contributed by atoms with E-state index >= 15 is 0 Å². The zero-order valence-electron chi connectivity index (χ0n) is 22.9. The number of allylic oxidation sites excluding steroid dienone is 7. The third kappa shape index (κ3) is 11.6. The van der Waals surface area contributed by atoms with Gasteiger partial charge in [0.05, 0.1) is 16.8 Å². The number of alkyl halides is 3. The van der Waals surface area contributed by atoms with Gasteiger partial charge in [-0.1, -0.05) is 91.7 Å². The molecule has 2 aromatic carbocycles. The van der Waals surface area contributed by atoms with E-state index < -0.39 is 12.0 Å². The number of benzene rings is 2. The Morgan fingerprint density at radius 2 is 1.71 bits per heavy atom. The number of hydrogen-bond donors (Lipinski definition) is 2. The predicted molar refractivity (Wildman–Crippen MR) is 163 cm³/mol. The van der Waals surface area contributed by atoms with E-state index in [1.807, 2.05) is 80.6 Å². The lowest BCUT2D eigenvalue weighted by Crippen LogP contribution is -2.12. The molecule has 0 spiro atoms. The van der Waals surface area contributed by atoms with Crippen LogP contribution >= 0.6 is 11.8 Å². The number of aromatic nitrogens is 4. The fourth-order valence-electron chi connectivity index (χ4n) is 2.90. The van der Waals surface area contributed by atoms with Crippen molar-refractivity contribution in [1.29, 1.82) is 0 Å². The number of aromatic amines is 1. The number of imidazole rings is 1. The van der Waals surface area contributed by atoms with Crippen LogP contribution in [0.2, 0.25) is 0 Å². The van der Waals surface area contributed by atoms with Crippen LogP contribution in [-0.4, -0.2) is 19.9 Å². The van der Waals surface area contributed by atoms with Gasteiger partial charge in [0, 0.05) is 12.1 Å². The number of fused-ring (bicyclic) bond motifs is 1. The molecule has 214 valence electrons. The highest BCUT2D eigenvalue weighted by molar-refractivity contribution is 7.98. The molecule has 2 aromatic heterocycles. The number of anilines is 1. The Kier molecular flexibility index (Phi) is 13.1. The summed E-state index contributed by atoms with van der Waals surface area (Å²) < 4.78 is 44.3. The molecule has 0 bridgehead atoms. The number of rotatable bonds is 8. The van der Waals surface area contributed by atoms with E-state index in [2.05, 4.69) is 39.7 Å². The van der Waals surface area contributed by atoms with Gasteiger partial charge in [-0.3, -0.25) is 0 Å². The molecule has 0 aliphatic rings. The van der Waals surface area contributed by atoms with Crippen LogP contribution < -0.4 is 10.5 Å². The first-order valence-corrected chi connectivity index (χ1v) is 13.3. The van der Waals surface area contributed by atoms with E-state index in [-0.39, 0.29) is 16.6 Å². The molecule has 2 heterocycles. The normalized spacial score (nSPS) is 11.2. The van der Waals surface area contributed by atoms with Gasteiger partial charge in [-0.25, -0.2) is 15.0 Å². The number of H-pyrrole nitrogens is 1. The molecule has 10 heteroatoms. The average Bonchev–Trinajstić information content (AvgIpc) is 3.37. The van der Waals surface area contributed by atoms with Crippen molar-refractivity contribution in [2.75, 3.05) is 5.73 Å². The number of nitrogens with zero attached hydrogens (tertiary/aromatic N) is 3. The molecule has 4 rings (SSSR count). The zero-order chi connectivity index (χ0) is 30.3. The summed E-state index contributed by atoms with van der Waals surface area (Å²) in [5.74, 6) is 0.744. The second-order valence-electron chi connectivity index (χ2n) is 8.13. The topological polar surface area (TPSA) is 89.7 Å². The monoisotopic (exact) mass is 579 g/mol. The first-order valence-electron chi connectivity index (χ1n) is 12.3. The van der Waals surface area contributed by atoms with Crippen molar-refractivity contribution in [3.8, 4) is 11.5 Å². The highest BCUT2D eigenvalue weighted by atomic mass is 32.2. The Bertz CT molecular complexity index is 1490. The number of para-hydroxylation sites is 1. The summed E-state index contributed by atoms with van der Waals surface area (Å²) in [5, 5.41) is 0.124. The van der Waals surface area contributed by atoms with Crippen LogP contribution in [0, 0.1) is 0 Å². The minimum atomic E-state index is -4.65. The number of nitrogen functional groups attached to an aromatic ring is 1. The maximum absolute atomic E-state index is 12.8. The van der Waals surface area contributed by atoms with Crippen LogP contribution in [0.1, 0.15) is 25.5 Å². The predicted octanol–water partition coefficient (Wildman–Crippen LogP) is 9.09. The Morgan fingerprint density at radius 3 is 2.32 bits per heavy atom. The summed E-state index contributed by atoms with van der Waals surface area (Å²) in [5.41, 5.74) is 8.14. The number of hydrogen-bond acceptors (Lipinski definition) is 6. The lowest BCUT2D eigenvalue weighted by atomic mass is 10.3. The largest absolute Gasteiger partial charge is 0.457 e. The maximum Gasteiger partial charge on any atom is 0.451 e. The van der Waals surface area contributed by atoms with Crippen molar-refractivity contribution in [2.24, 2.45) is 0 Å². The summed E-state index contributed by atoms with van der Waals surface area (Å²) in [6, 6.07) is 16.1. The molecule has 0 fully saturated rings. The van der Waals surface area contributed by atoms with Crippen LogP contribution in [-0.2, 0) is 11.9 Å². The van der Waals surface area contributed by atoms with Gasteiger partial charge in [0.1, 0.15) is 28.2 Å². The Labute approximate surface area is 242 Å². The molecule has 0 radical (unpaired) electrons. The van der Waals surface area contributed by atoms with Crippen LogP contribution in [0.3, 0.4) is 0 Å². The molecular formula is C31H32F3N5OS. The van der Waals surface area contributed by atoms with Gasteiger partial charge in [-0.05, 0) is 38.1 Å². The van der Waals surface area contributed by atoms with Crippen molar-refractivity contribution in [3.63, 3.8) is 0 Å². The first-order chi connectivity index (χ1) is 19.6. The van der Waals surface area contributed by atoms with Gasteiger partial charge in [0.2, 0.25) is 5.82 Å². The molecule has 4 aromatic rings. The van der Waals surface area contributed by atoms with Crippen LogP contribution in [0.4, 0.5) is 19.0 Å². The summed E-state index contributed by atoms with van der Waals surface area (Å²) in [6.45, 7) is 14.3. The lowest BCUT2D eigenvalue weighted by molar-refractivity contribution is -0.145. The maximum atomic E-state index is 12.8. The highest BCUT2D eigenvalue weighted by Gasteiger charge is 2.35. The smallest absolute Gasteiger partial charge is 0.451 e. The van der Waals surface area contributed by atoms with Gasteiger partial charge in [-0.2, -0.15) is 13.2 Å². The second kappa shape index (κ2) is 16.5. The molecule has 0 saturated carbocycles. The molecule has 3 N–H and O–H groups in total. The number of nitrogens with one attached hydrogen (secondary N) is 1. The van der Waals surface area contributed by atoms with E-state index in [1.165, 1.54) is 11.6 Å². The van der Waals surface area contributed by atoms with Crippen LogP contribution in [0.5, 0.6) is 11.5 Å². The molecule has 0 unspecified atom stereocenters. The van der Waals surface area contributed by atoms with Crippen LogP contribution in [0.15, 0.2) is 121 Å². The number of ether oxygens (including phenoxy) is 1. The molecule has 41 heavy (non-hydrogen) atoms. The molecule has 0 aliphatic carbocycles. The van der Waals surface area contributed by atoms with E-state index in [9.17, 15) is 13.2 Å². The van der Waals surface area contributed by atoms with Crippen molar-refractivity contribution in [3.05, 3.63) is 128 Å². The third-order valence-corrected chi connectivity index (χ3v) is 5.78. The minimum absolute atomic E-state index is 0.124. The zero-order valence-corrected chi connectivity index (χ0v) is 23.7. The molecule has 0 amide bonds.